The number of anilines is 1. The first kappa shape index (κ1) is 20.8. The molecule has 1 fully saturated rings. The molecule has 3 atom stereocenters. The molecule has 1 aromatic rings. The van der Waals surface area contributed by atoms with E-state index < -0.39 is 0 Å². The van der Waals surface area contributed by atoms with Crippen LogP contribution in [0.2, 0.25) is 0 Å². The minimum absolute atomic E-state index is 0.00330. The highest BCUT2D eigenvalue weighted by Gasteiger charge is 2.26. The standard InChI is InChI=1S/C20H31N3O2S/c1-14-9-5-6-10-16(14)22-20(25)15(2)23(3)13-19(24)21-17-11-7-8-12-18(17)26-4/h7-8,11-12,14-16H,5-6,9-10,13H2,1-4H3,(H,21,24)(H,22,25)/t14-,15+,16+/m0/s1. The summed E-state index contributed by atoms with van der Waals surface area (Å²) in [6.07, 6.45) is 6.63. The number of carbonyl (C=O) groups excluding carboxylic acids is 2. The fourth-order valence-electron chi connectivity index (χ4n) is 3.34. The Morgan fingerprint density at radius 1 is 1.27 bits per heavy atom. The first-order valence-corrected chi connectivity index (χ1v) is 10.6. The summed E-state index contributed by atoms with van der Waals surface area (Å²) in [7, 11) is 1.81. The van der Waals surface area contributed by atoms with Crippen molar-refractivity contribution in [2.75, 3.05) is 25.2 Å². The smallest absolute Gasteiger partial charge is 0.238 e. The number of nitrogens with one attached hydrogen (secondary N) is 2. The van der Waals surface area contributed by atoms with Gasteiger partial charge < -0.3 is 10.6 Å². The van der Waals surface area contributed by atoms with Crippen molar-refractivity contribution in [2.24, 2.45) is 5.92 Å². The van der Waals surface area contributed by atoms with Crippen molar-refractivity contribution in [1.82, 2.24) is 10.2 Å². The molecule has 0 saturated heterocycles. The third-order valence-electron chi connectivity index (χ3n) is 5.25. The minimum atomic E-state index is -0.342. The Kier molecular flexibility index (Phi) is 7.97. The number of likely N-dealkylation sites (N-methyl/N-ethyl adjacent to an activating group) is 1. The molecule has 2 amide bonds. The highest BCUT2D eigenvalue weighted by atomic mass is 32.2. The maximum atomic E-state index is 12.6. The van der Waals surface area contributed by atoms with Crippen molar-refractivity contribution in [1.29, 1.82) is 0 Å². The Morgan fingerprint density at radius 3 is 2.65 bits per heavy atom. The number of thioether (sulfide) groups is 1. The molecule has 26 heavy (non-hydrogen) atoms. The third-order valence-corrected chi connectivity index (χ3v) is 6.05. The molecule has 0 bridgehead atoms. The van der Waals surface area contributed by atoms with Gasteiger partial charge in [0.2, 0.25) is 11.8 Å². The summed E-state index contributed by atoms with van der Waals surface area (Å²) in [5.41, 5.74) is 0.812. The molecule has 1 saturated carbocycles. The van der Waals surface area contributed by atoms with Crippen molar-refractivity contribution in [3.63, 3.8) is 0 Å². The molecule has 1 aromatic carbocycles. The molecule has 0 unspecified atom stereocenters. The van der Waals surface area contributed by atoms with Crippen LogP contribution in [0.1, 0.15) is 39.5 Å². The zero-order valence-corrected chi connectivity index (χ0v) is 17.1. The lowest BCUT2D eigenvalue weighted by molar-refractivity contribution is -0.127. The molecule has 0 radical (unpaired) electrons. The fraction of sp³-hybridized carbons (Fsp3) is 0.600. The van der Waals surface area contributed by atoms with E-state index in [1.807, 2.05) is 44.5 Å². The maximum absolute atomic E-state index is 12.6. The first-order chi connectivity index (χ1) is 12.4. The molecule has 1 aliphatic rings. The number of amides is 2. The van der Waals surface area contributed by atoms with Gasteiger partial charge in [-0.3, -0.25) is 14.5 Å². The van der Waals surface area contributed by atoms with Crippen LogP contribution in [0.15, 0.2) is 29.2 Å². The normalized spacial score (nSPS) is 21.3. The van der Waals surface area contributed by atoms with Gasteiger partial charge in [-0.1, -0.05) is 31.9 Å². The van der Waals surface area contributed by atoms with E-state index >= 15 is 0 Å². The molecule has 0 aliphatic heterocycles. The Labute approximate surface area is 161 Å². The van der Waals surface area contributed by atoms with Gasteiger partial charge in [-0.25, -0.2) is 0 Å². The Bertz CT molecular complexity index is 623. The van der Waals surface area contributed by atoms with Crippen LogP contribution in [0, 0.1) is 5.92 Å². The molecular weight excluding hydrogens is 346 g/mol. The van der Waals surface area contributed by atoms with E-state index in [4.69, 9.17) is 0 Å². The number of nitrogens with zero attached hydrogens (tertiary/aromatic N) is 1. The molecule has 5 nitrogen and oxygen atoms in total. The third kappa shape index (κ3) is 5.74. The number of hydrogen-bond acceptors (Lipinski definition) is 4. The SMILES string of the molecule is CSc1ccccc1NC(=O)CN(C)[C@H](C)C(=O)N[C@@H]1CCCC[C@@H]1C. The quantitative estimate of drug-likeness (QED) is 0.715. The van der Waals surface area contributed by atoms with Gasteiger partial charge in [0.1, 0.15) is 0 Å². The van der Waals surface area contributed by atoms with Crippen LogP contribution in [0.5, 0.6) is 0 Å². The minimum Gasteiger partial charge on any atom is -0.352 e. The van der Waals surface area contributed by atoms with Gasteiger partial charge in [-0.15, -0.1) is 11.8 Å². The van der Waals surface area contributed by atoms with Crippen molar-refractivity contribution in [3.8, 4) is 0 Å². The predicted molar refractivity (Wildman–Crippen MR) is 109 cm³/mol. The summed E-state index contributed by atoms with van der Waals surface area (Å²) in [6.45, 7) is 4.23. The average molecular weight is 378 g/mol. The highest BCUT2D eigenvalue weighted by molar-refractivity contribution is 7.98. The maximum Gasteiger partial charge on any atom is 0.238 e. The molecule has 1 aliphatic carbocycles. The van der Waals surface area contributed by atoms with Gasteiger partial charge in [-0.2, -0.15) is 0 Å². The van der Waals surface area contributed by atoms with Crippen LogP contribution >= 0.6 is 11.8 Å². The molecule has 0 aromatic heterocycles. The van der Waals surface area contributed by atoms with Crippen molar-refractivity contribution in [2.45, 2.75) is 56.5 Å². The van der Waals surface area contributed by atoms with E-state index in [1.165, 1.54) is 19.3 Å². The Balaban J connectivity index is 1.86. The van der Waals surface area contributed by atoms with E-state index in [-0.39, 0.29) is 30.4 Å². The number of hydrogen-bond donors (Lipinski definition) is 2. The summed E-state index contributed by atoms with van der Waals surface area (Å²) < 4.78 is 0. The number of benzene rings is 1. The zero-order valence-electron chi connectivity index (χ0n) is 16.2. The van der Waals surface area contributed by atoms with Gasteiger partial charge >= 0.3 is 0 Å². The summed E-state index contributed by atoms with van der Waals surface area (Å²) in [5.74, 6) is 0.416. The monoisotopic (exact) mass is 377 g/mol. The second-order valence-electron chi connectivity index (χ2n) is 7.22. The average Bonchev–Trinajstić information content (AvgIpc) is 2.63. The number of para-hydroxylation sites is 1. The number of rotatable bonds is 7. The largest absolute Gasteiger partial charge is 0.352 e. The lowest BCUT2D eigenvalue weighted by Crippen LogP contribution is -2.50. The Hall–Kier alpha value is -1.53. The van der Waals surface area contributed by atoms with Gasteiger partial charge in [0.15, 0.2) is 0 Å². The summed E-state index contributed by atoms with van der Waals surface area (Å²) in [6, 6.07) is 7.64. The first-order valence-electron chi connectivity index (χ1n) is 9.36. The van der Waals surface area contributed by atoms with Crippen LogP contribution < -0.4 is 10.6 Å². The van der Waals surface area contributed by atoms with E-state index in [2.05, 4.69) is 17.6 Å². The molecule has 6 heteroatoms. The van der Waals surface area contributed by atoms with Gasteiger partial charge in [0, 0.05) is 10.9 Å². The molecule has 2 N–H and O–H groups in total. The Morgan fingerprint density at radius 2 is 1.96 bits per heavy atom. The van der Waals surface area contributed by atoms with Crippen molar-refractivity contribution < 1.29 is 9.59 Å². The van der Waals surface area contributed by atoms with Gasteiger partial charge in [0.25, 0.3) is 0 Å². The van der Waals surface area contributed by atoms with Gasteiger partial charge in [0.05, 0.1) is 18.3 Å². The van der Waals surface area contributed by atoms with Crippen LogP contribution in [-0.4, -0.2) is 48.6 Å². The summed E-state index contributed by atoms with van der Waals surface area (Å²) in [5, 5.41) is 6.12. The fourth-order valence-corrected chi connectivity index (χ4v) is 3.89. The van der Waals surface area contributed by atoms with Crippen molar-refractivity contribution in [3.05, 3.63) is 24.3 Å². The van der Waals surface area contributed by atoms with Crippen LogP contribution in [-0.2, 0) is 9.59 Å². The second kappa shape index (κ2) is 9.97. The number of carbonyl (C=O) groups is 2. The lowest BCUT2D eigenvalue weighted by atomic mass is 9.86. The summed E-state index contributed by atoms with van der Waals surface area (Å²) in [4.78, 5) is 27.7. The molecule has 144 valence electrons. The second-order valence-corrected chi connectivity index (χ2v) is 8.06. The van der Waals surface area contributed by atoms with E-state index in [9.17, 15) is 9.59 Å². The topological polar surface area (TPSA) is 61.4 Å². The van der Waals surface area contributed by atoms with Gasteiger partial charge in [-0.05, 0) is 51.1 Å². The van der Waals surface area contributed by atoms with E-state index in [1.54, 1.807) is 16.7 Å². The van der Waals surface area contributed by atoms with Crippen LogP contribution in [0.25, 0.3) is 0 Å². The zero-order chi connectivity index (χ0) is 19.1. The van der Waals surface area contributed by atoms with Crippen molar-refractivity contribution >= 4 is 29.3 Å². The van der Waals surface area contributed by atoms with E-state index in [0.717, 1.165) is 17.0 Å². The lowest BCUT2D eigenvalue weighted by Gasteiger charge is -2.32. The molecular formula is C20H31N3O2S. The molecule has 2 rings (SSSR count). The van der Waals surface area contributed by atoms with Crippen LogP contribution in [0.4, 0.5) is 5.69 Å². The summed E-state index contributed by atoms with van der Waals surface area (Å²) >= 11 is 1.59. The molecule has 0 heterocycles. The van der Waals surface area contributed by atoms with E-state index in [0.29, 0.717) is 5.92 Å². The molecule has 0 spiro atoms. The predicted octanol–water partition coefficient (Wildman–Crippen LogP) is 3.36. The van der Waals surface area contributed by atoms with Crippen LogP contribution in [0.3, 0.4) is 0 Å². The highest BCUT2D eigenvalue weighted by Crippen LogP contribution is 2.25.